The van der Waals surface area contributed by atoms with Crippen molar-refractivity contribution in [2.24, 2.45) is 0 Å². The molecule has 0 spiro atoms. The second-order valence-corrected chi connectivity index (χ2v) is 6.97. The first-order valence-electron chi connectivity index (χ1n) is 9.48. The van der Waals surface area contributed by atoms with Crippen LogP contribution >= 0.6 is 0 Å². The van der Waals surface area contributed by atoms with Gasteiger partial charge in [0.2, 0.25) is 0 Å². The fraction of sp³-hybridized carbons (Fsp3) is 0.409. The number of carbonyl (C=O) groups excluding carboxylic acids is 1. The molecule has 2 aromatic carbocycles. The minimum Gasteiger partial charge on any atom is -0.497 e. The van der Waals surface area contributed by atoms with Crippen LogP contribution in [0, 0.1) is 6.92 Å². The molecule has 5 nitrogen and oxygen atoms in total. The highest BCUT2D eigenvalue weighted by Gasteiger charge is 2.27. The molecule has 0 radical (unpaired) electrons. The Kier molecular flexibility index (Phi) is 6.22. The molecule has 2 aromatic rings. The van der Waals surface area contributed by atoms with E-state index in [9.17, 15) is 4.79 Å². The van der Waals surface area contributed by atoms with Gasteiger partial charge < -0.3 is 19.7 Å². The molecular formula is C22H28N2O3. The van der Waals surface area contributed by atoms with Gasteiger partial charge in [0.15, 0.2) is 0 Å². The molecule has 1 N–H and O–H groups in total. The highest BCUT2D eigenvalue weighted by molar-refractivity contribution is 5.91. The number of amides is 2. The van der Waals surface area contributed by atoms with Crippen molar-refractivity contribution >= 4 is 11.7 Å². The SMILES string of the molecule is COc1ccc(OC)c(NC(=O)N2CCCCC[C@@H]2c2cccc(C)c2)c1. The van der Waals surface area contributed by atoms with Crippen molar-refractivity contribution in [2.45, 2.75) is 38.6 Å². The number of nitrogens with zero attached hydrogens (tertiary/aromatic N) is 1. The third-order valence-corrected chi connectivity index (χ3v) is 5.09. The molecule has 1 saturated heterocycles. The minimum absolute atomic E-state index is 0.0870. The molecule has 27 heavy (non-hydrogen) atoms. The maximum atomic E-state index is 13.2. The molecule has 144 valence electrons. The zero-order chi connectivity index (χ0) is 19.2. The third kappa shape index (κ3) is 4.54. The number of likely N-dealkylation sites (tertiary alicyclic amines) is 1. The monoisotopic (exact) mass is 368 g/mol. The standard InChI is InChI=1S/C22H28N2O3/c1-16-8-7-9-17(14-16)20-10-5-4-6-13-24(20)22(25)23-19-15-18(26-2)11-12-21(19)27-3/h7-9,11-12,14-15,20H,4-6,10,13H2,1-3H3,(H,23,25)/t20-/m1/s1. The van der Waals surface area contributed by atoms with E-state index in [1.165, 1.54) is 11.1 Å². The lowest BCUT2D eigenvalue weighted by molar-refractivity contribution is 0.189. The number of methoxy groups -OCH3 is 2. The van der Waals surface area contributed by atoms with Crippen molar-refractivity contribution in [2.75, 3.05) is 26.1 Å². The van der Waals surface area contributed by atoms with E-state index in [-0.39, 0.29) is 12.1 Å². The number of anilines is 1. The number of carbonyl (C=O) groups is 1. The van der Waals surface area contributed by atoms with Gasteiger partial charge in [0, 0.05) is 12.6 Å². The molecule has 1 aliphatic heterocycles. The smallest absolute Gasteiger partial charge is 0.322 e. The Hall–Kier alpha value is -2.69. The van der Waals surface area contributed by atoms with E-state index in [0.717, 1.165) is 32.2 Å². The van der Waals surface area contributed by atoms with Crippen LogP contribution in [0.5, 0.6) is 11.5 Å². The second kappa shape index (κ2) is 8.80. The van der Waals surface area contributed by atoms with Gasteiger partial charge >= 0.3 is 6.03 Å². The van der Waals surface area contributed by atoms with Crippen molar-refractivity contribution in [3.63, 3.8) is 0 Å². The highest BCUT2D eigenvalue weighted by atomic mass is 16.5. The van der Waals surface area contributed by atoms with Gasteiger partial charge in [-0.1, -0.05) is 42.7 Å². The summed E-state index contributed by atoms with van der Waals surface area (Å²) in [7, 11) is 3.20. The average Bonchev–Trinajstić information content (AvgIpc) is 2.94. The summed E-state index contributed by atoms with van der Waals surface area (Å²) in [6.45, 7) is 2.84. The van der Waals surface area contributed by atoms with Crippen LogP contribution < -0.4 is 14.8 Å². The van der Waals surface area contributed by atoms with Crippen LogP contribution in [0.25, 0.3) is 0 Å². The molecule has 0 saturated carbocycles. The predicted molar refractivity (Wildman–Crippen MR) is 108 cm³/mol. The first-order valence-corrected chi connectivity index (χ1v) is 9.48. The van der Waals surface area contributed by atoms with Gasteiger partial charge in [-0.05, 0) is 37.5 Å². The quantitative estimate of drug-likeness (QED) is 0.811. The Bertz CT molecular complexity index is 791. The molecule has 2 amide bonds. The summed E-state index contributed by atoms with van der Waals surface area (Å²) in [6, 6.07) is 13.8. The van der Waals surface area contributed by atoms with E-state index in [1.54, 1.807) is 26.4 Å². The van der Waals surface area contributed by atoms with Gasteiger partial charge in [0.1, 0.15) is 11.5 Å². The third-order valence-electron chi connectivity index (χ3n) is 5.09. The zero-order valence-corrected chi connectivity index (χ0v) is 16.3. The Morgan fingerprint density at radius 3 is 2.67 bits per heavy atom. The van der Waals surface area contributed by atoms with Crippen LogP contribution in [0.1, 0.15) is 42.9 Å². The molecular weight excluding hydrogens is 340 g/mol. The number of benzene rings is 2. The number of hydrogen-bond acceptors (Lipinski definition) is 3. The minimum atomic E-state index is -0.102. The van der Waals surface area contributed by atoms with E-state index < -0.39 is 0 Å². The maximum absolute atomic E-state index is 13.2. The average molecular weight is 368 g/mol. The van der Waals surface area contributed by atoms with Crippen molar-refractivity contribution in [1.29, 1.82) is 0 Å². The first kappa shape index (κ1) is 19.1. The summed E-state index contributed by atoms with van der Waals surface area (Å²) in [5.41, 5.74) is 3.03. The lowest BCUT2D eigenvalue weighted by Crippen LogP contribution is -2.38. The van der Waals surface area contributed by atoms with Crippen LogP contribution in [0.3, 0.4) is 0 Å². The van der Waals surface area contributed by atoms with Gasteiger partial charge in [-0.15, -0.1) is 0 Å². The van der Waals surface area contributed by atoms with Crippen LogP contribution in [0.2, 0.25) is 0 Å². The fourth-order valence-electron chi connectivity index (χ4n) is 3.67. The molecule has 1 atom stereocenters. The second-order valence-electron chi connectivity index (χ2n) is 6.97. The number of rotatable bonds is 4. The summed E-state index contributed by atoms with van der Waals surface area (Å²) < 4.78 is 10.7. The first-order chi connectivity index (χ1) is 13.1. The molecule has 1 heterocycles. The topological polar surface area (TPSA) is 50.8 Å². The summed E-state index contributed by atoms with van der Waals surface area (Å²) in [4.78, 5) is 15.1. The lowest BCUT2D eigenvalue weighted by Gasteiger charge is -2.31. The maximum Gasteiger partial charge on any atom is 0.322 e. The molecule has 5 heteroatoms. The van der Waals surface area contributed by atoms with E-state index in [0.29, 0.717) is 17.2 Å². The molecule has 0 aliphatic carbocycles. The molecule has 0 aromatic heterocycles. The molecule has 3 rings (SSSR count). The summed E-state index contributed by atoms with van der Waals surface area (Å²) in [5, 5.41) is 3.03. The normalized spacial score (nSPS) is 17.1. The number of ether oxygens (including phenoxy) is 2. The molecule has 0 unspecified atom stereocenters. The van der Waals surface area contributed by atoms with E-state index in [2.05, 4.69) is 36.5 Å². The van der Waals surface area contributed by atoms with Crippen molar-refractivity contribution < 1.29 is 14.3 Å². The Balaban J connectivity index is 1.86. The zero-order valence-electron chi connectivity index (χ0n) is 16.3. The van der Waals surface area contributed by atoms with Gasteiger partial charge in [0.25, 0.3) is 0 Å². The van der Waals surface area contributed by atoms with E-state index in [4.69, 9.17) is 9.47 Å². The van der Waals surface area contributed by atoms with E-state index >= 15 is 0 Å². The van der Waals surface area contributed by atoms with Crippen LogP contribution in [0.15, 0.2) is 42.5 Å². The van der Waals surface area contributed by atoms with Crippen LogP contribution in [-0.2, 0) is 0 Å². The van der Waals surface area contributed by atoms with Crippen LogP contribution in [0.4, 0.5) is 10.5 Å². The van der Waals surface area contributed by atoms with Gasteiger partial charge in [-0.25, -0.2) is 4.79 Å². The van der Waals surface area contributed by atoms with Crippen LogP contribution in [-0.4, -0.2) is 31.7 Å². The highest BCUT2D eigenvalue weighted by Crippen LogP contribution is 2.33. The van der Waals surface area contributed by atoms with Gasteiger partial charge in [-0.3, -0.25) is 0 Å². The summed E-state index contributed by atoms with van der Waals surface area (Å²) >= 11 is 0. The Morgan fingerprint density at radius 2 is 1.93 bits per heavy atom. The van der Waals surface area contributed by atoms with Crippen molar-refractivity contribution in [3.8, 4) is 11.5 Å². The Morgan fingerprint density at radius 1 is 1.07 bits per heavy atom. The summed E-state index contributed by atoms with van der Waals surface area (Å²) in [5.74, 6) is 1.29. The lowest BCUT2D eigenvalue weighted by atomic mass is 9.99. The molecule has 1 fully saturated rings. The molecule has 1 aliphatic rings. The number of hydrogen-bond donors (Lipinski definition) is 1. The van der Waals surface area contributed by atoms with Crippen molar-refractivity contribution in [3.05, 3.63) is 53.6 Å². The summed E-state index contributed by atoms with van der Waals surface area (Å²) in [6.07, 6.45) is 4.27. The fourth-order valence-corrected chi connectivity index (χ4v) is 3.67. The van der Waals surface area contributed by atoms with Crippen molar-refractivity contribution in [1.82, 2.24) is 4.90 Å². The predicted octanol–water partition coefficient (Wildman–Crippen LogP) is 5.16. The van der Waals surface area contributed by atoms with Gasteiger partial charge in [-0.2, -0.15) is 0 Å². The number of aryl methyl sites for hydroxylation is 1. The van der Waals surface area contributed by atoms with E-state index in [1.807, 2.05) is 11.0 Å². The van der Waals surface area contributed by atoms with Gasteiger partial charge in [0.05, 0.1) is 25.9 Å². The largest absolute Gasteiger partial charge is 0.497 e. The number of urea groups is 1. The number of nitrogens with one attached hydrogen (secondary N) is 1. The Labute approximate surface area is 161 Å². The molecule has 0 bridgehead atoms.